The van der Waals surface area contributed by atoms with Gasteiger partial charge in [0.1, 0.15) is 0 Å². The number of carbonyl (C=O) groups excluding carboxylic acids is 1. The van der Waals surface area contributed by atoms with E-state index in [-0.39, 0.29) is 6.03 Å². The molecule has 3 rings (SSSR count). The molecule has 0 unspecified atom stereocenters. The second kappa shape index (κ2) is 9.26. The lowest BCUT2D eigenvalue weighted by atomic mass is 10.00. The van der Waals surface area contributed by atoms with Gasteiger partial charge in [-0.25, -0.2) is 9.78 Å². The van der Waals surface area contributed by atoms with Crippen LogP contribution in [0.15, 0.2) is 42.6 Å². The van der Waals surface area contributed by atoms with Gasteiger partial charge >= 0.3 is 6.03 Å². The summed E-state index contributed by atoms with van der Waals surface area (Å²) in [6.07, 6.45) is 3.87. The molecule has 1 aliphatic rings. The Hall–Kier alpha value is -2.76. The average Bonchev–Trinajstić information content (AvgIpc) is 2.69. The molecule has 1 N–H and O–H groups in total. The number of ether oxygens (including phenoxy) is 2. The fourth-order valence-corrected chi connectivity index (χ4v) is 3.00. The fraction of sp³-hybridized carbons (Fsp3) is 0.429. The highest BCUT2D eigenvalue weighted by molar-refractivity contribution is 5.74. The third-order valence-electron chi connectivity index (χ3n) is 4.68. The number of para-hydroxylation sites is 2. The molecule has 144 valence electrons. The maximum absolute atomic E-state index is 12.2. The van der Waals surface area contributed by atoms with E-state index >= 15 is 0 Å². The lowest BCUT2D eigenvalue weighted by molar-refractivity contribution is 0.173. The van der Waals surface area contributed by atoms with Gasteiger partial charge in [0.2, 0.25) is 5.88 Å². The van der Waals surface area contributed by atoms with Crippen molar-refractivity contribution in [3.63, 3.8) is 0 Å². The molecule has 0 atom stereocenters. The molecule has 6 heteroatoms. The Balaban J connectivity index is 1.52. The molecule has 0 saturated carbocycles. The van der Waals surface area contributed by atoms with Crippen LogP contribution in [0.3, 0.4) is 0 Å². The van der Waals surface area contributed by atoms with Gasteiger partial charge in [-0.15, -0.1) is 0 Å². The van der Waals surface area contributed by atoms with Gasteiger partial charge in [0, 0.05) is 31.9 Å². The normalized spacial score (nSPS) is 14.7. The third kappa shape index (κ3) is 5.36. The minimum atomic E-state index is -0.00660. The maximum Gasteiger partial charge on any atom is 0.317 e. The van der Waals surface area contributed by atoms with Crippen LogP contribution in [0, 0.1) is 5.92 Å². The molecule has 1 aromatic carbocycles. The van der Waals surface area contributed by atoms with Gasteiger partial charge in [-0.05, 0) is 43.4 Å². The van der Waals surface area contributed by atoms with Crippen LogP contribution in [0.25, 0.3) is 0 Å². The first-order valence-electron chi connectivity index (χ1n) is 9.53. The third-order valence-corrected chi connectivity index (χ3v) is 4.68. The monoisotopic (exact) mass is 369 g/mol. The molecule has 1 aromatic heterocycles. The summed E-state index contributed by atoms with van der Waals surface area (Å²) in [5.74, 6) is 2.52. The Morgan fingerprint density at radius 3 is 2.59 bits per heavy atom. The number of aromatic nitrogens is 1. The number of urea groups is 1. The van der Waals surface area contributed by atoms with Gasteiger partial charge in [-0.3, -0.25) is 0 Å². The number of nitrogens with one attached hydrogen (secondary N) is 1. The van der Waals surface area contributed by atoms with Gasteiger partial charge in [0.25, 0.3) is 0 Å². The molecule has 0 spiro atoms. The highest BCUT2D eigenvalue weighted by atomic mass is 16.5. The molecule has 1 aliphatic heterocycles. The Kier molecular flexibility index (Phi) is 6.52. The molecule has 2 heterocycles. The minimum absolute atomic E-state index is 0.00660. The van der Waals surface area contributed by atoms with E-state index in [4.69, 9.17) is 9.47 Å². The summed E-state index contributed by atoms with van der Waals surface area (Å²) in [4.78, 5) is 18.5. The van der Waals surface area contributed by atoms with Crippen LogP contribution in [-0.2, 0) is 6.54 Å². The number of nitrogens with zero attached hydrogens (tertiary/aromatic N) is 2. The van der Waals surface area contributed by atoms with Crippen molar-refractivity contribution in [2.75, 3.05) is 19.7 Å². The van der Waals surface area contributed by atoms with Gasteiger partial charge in [0.15, 0.2) is 11.5 Å². The van der Waals surface area contributed by atoms with Gasteiger partial charge < -0.3 is 19.7 Å². The lowest BCUT2D eigenvalue weighted by Crippen LogP contribution is -2.43. The van der Waals surface area contributed by atoms with Crippen LogP contribution in [-0.4, -0.2) is 35.6 Å². The number of pyridine rings is 1. The van der Waals surface area contributed by atoms with Crippen LogP contribution in [0.5, 0.6) is 17.4 Å². The molecule has 1 fully saturated rings. The summed E-state index contributed by atoms with van der Waals surface area (Å²) >= 11 is 0. The lowest BCUT2D eigenvalue weighted by Gasteiger charge is -2.30. The van der Waals surface area contributed by atoms with Crippen LogP contribution < -0.4 is 14.8 Å². The topological polar surface area (TPSA) is 63.7 Å². The van der Waals surface area contributed by atoms with E-state index < -0.39 is 0 Å². The predicted molar refractivity (Wildman–Crippen MR) is 104 cm³/mol. The van der Waals surface area contributed by atoms with Crippen molar-refractivity contribution in [3.8, 4) is 17.4 Å². The number of carbonyl (C=O) groups is 1. The van der Waals surface area contributed by atoms with E-state index in [1.54, 1.807) is 12.3 Å². The zero-order chi connectivity index (χ0) is 19.1. The zero-order valence-electron chi connectivity index (χ0n) is 16.0. The van der Waals surface area contributed by atoms with Gasteiger partial charge in [-0.2, -0.15) is 0 Å². The largest absolute Gasteiger partial charge is 0.490 e. The quantitative estimate of drug-likeness (QED) is 0.828. The standard InChI is InChI=1S/C21H27N3O3/c1-3-26-18-6-4-5-7-19(18)27-20-9-8-17(14-22-20)15-23-21(25)24-12-10-16(2)11-13-24/h4-9,14,16H,3,10-13,15H2,1-2H3,(H,23,25). The SMILES string of the molecule is CCOc1ccccc1Oc1ccc(CNC(=O)N2CCC(C)CC2)cn1. The summed E-state index contributed by atoms with van der Waals surface area (Å²) in [5.41, 5.74) is 0.930. The molecule has 0 bridgehead atoms. The summed E-state index contributed by atoms with van der Waals surface area (Å²) in [7, 11) is 0. The van der Waals surface area contributed by atoms with E-state index in [1.807, 2.05) is 42.2 Å². The van der Waals surface area contributed by atoms with Crippen molar-refractivity contribution in [1.82, 2.24) is 15.2 Å². The van der Waals surface area contributed by atoms with Crippen LogP contribution in [0.2, 0.25) is 0 Å². The number of rotatable bonds is 6. The van der Waals surface area contributed by atoms with Crippen molar-refractivity contribution >= 4 is 6.03 Å². The first-order valence-corrected chi connectivity index (χ1v) is 9.53. The Morgan fingerprint density at radius 1 is 1.19 bits per heavy atom. The number of likely N-dealkylation sites (tertiary alicyclic amines) is 1. The smallest absolute Gasteiger partial charge is 0.317 e. The van der Waals surface area contributed by atoms with Crippen LogP contribution >= 0.6 is 0 Å². The molecule has 2 amide bonds. The summed E-state index contributed by atoms with van der Waals surface area (Å²) < 4.78 is 11.4. The van der Waals surface area contributed by atoms with E-state index in [2.05, 4.69) is 17.2 Å². The van der Waals surface area contributed by atoms with E-state index in [0.29, 0.717) is 36.4 Å². The first-order chi connectivity index (χ1) is 13.2. The highest BCUT2D eigenvalue weighted by Gasteiger charge is 2.19. The predicted octanol–water partition coefficient (Wildman–Crippen LogP) is 4.21. The fourth-order valence-electron chi connectivity index (χ4n) is 3.00. The highest BCUT2D eigenvalue weighted by Crippen LogP contribution is 2.30. The summed E-state index contributed by atoms with van der Waals surface area (Å²) in [6.45, 7) is 6.85. The Bertz CT molecular complexity index is 741. The van der Waals surface area contributed by atoms with Crippen molar-refractivity contribution < 1.29 is 14.3 Å². The zero-order valence-corrected chi connectivity index (χ0v) is 16.0. The molecule has 6 nitrogen and oxygen atoms in total. The average molecular weight is 369 g/mol. The summed E-state index contributed by atoms with van der Waals surface area (Å²) in [6, 6.07) is 11.2. The molecular weight excluding hydrogens is 342 g/mol. The number of hydrogen-bond acceptors (Lipinski definition) is 4. The van der Waals surface area contributed by atoms with E-state index in [9.17, 15) is 4.79 Å². The van der Waals surface area contributed by atoms with Crippen molar-refractivity contribution in [1.29, 1.82) is 0 Å². The first kappa shape index (κ1) is 19.0. The van der Waals surface area contributed by atoms with E-state index in [0.717, 1.165) is 31.5 Å². The molecule has 1 saturated heterocycles. The molecular formula is C21H27N3O3. The number of piperidine rings is 1. The Labute approximate surface area is 160 Å². The molecule has 27 heavy (non-hydrogen) atoms. The molecule has 0 radical (unpaired) electrons. The van der Waals surface area contributed by atoms with Gasteiger partial charge in [0.05, 0.1) is 6.61 Å². The molecule has 2 aromatic rings. The van der Waals surface area contributed by atoms with Crippen molar-refractivity contribution in [2.45, 2.75) is 33.2 Å². The van der Waals surface area contributed by atoms with E-state index in [1.165, 1.54) is 0 Å². The van der Waals surface area contributed by atoms with Gasteiger partial charge in [-0.1, -0.05) is 25.1 Å². The van der Waals surface area contributed by atoms with Crippen molar-refractivity contribution in [2.24, 2.45) is 5.92 Å². The maximum atomic E-state index is 12.2. The van der Waals surface area contributed by atoms with Crippen LogP contribution in [0.4, 0.5) is 4.79 Å². The molecule has 0 aliphatic carbocycles. The Morgan fingerprint density at radius 2 is 1.93 bits per heavy atom. The summed E-state index contributed by atoms with van der Waals surface area (Å²) in [5, 5.41) is 2.96. The second-order valence-corrected chi connectivity index (χ2v) is 6.81. The van der Waals surface area contributed by atoms with Crippen molar-refractivity contribution in [3.05, 3.63) is 48.2 Å². The number of benzene rings is 1. The minimum Gasteiger partial charge on any atom is -0.490 e. The second-order valence-electron chi connectivity index (χ2n) is 6.81. The van der Waals surface area contributed by atoms with Crippen LogP contribution in [0.1, 0.15) is 32.3 Å². The number of amides is 2. The number of hydrogen-bond donors (Lipinski definition) is 1.